The maximum Gasteiger partial charge on any atom is 0.225 e. The highest BCUT2D eigenvalue weighted by Gasteiger charge is 2.40. The Morgan fingerprint density at radius 1 is 0.906 bits per heavy atom. The van der Waals surface area contributed by atoms with Gasteiger partial charge in [-0.3, -0.25) is 9.59 Å². The summed E-state index contributed by atoms with van der Waals surface area (Å²) in [5, 5.41) is 3.04. The van der Waals surface area contributed by atoms with Gasteiger partial charge in [0.1, 0.15) is 5.82 Å². The number of carbonyl (C=O) groups excluding carboxylic acids is 2. The molecule has 0 bridgehead atoms. The number of nitrogens with zero attached hydrogens (tertiary/aromatic N) is 1. The van der Waals surface area contributed by atoms with Crippen molar-refractivity contribution in [3.63, 3.8) is 0 Å². The summed E-state index contributed by atoms with van der Waals surface area (Å²) in [6.45, 7) is 0.938. The van der Waals surface area contributed by atoms with Gasteiger partial charge in [-0.25, -0.2) is 4.39 Å². The third kappa shape index (κ3) is 5.22. The van der Waals surface area contributed by atoms with Crippen LogP contribution in [-0.4, -0.2) is 23.3 Å². The first kappa shape index (κ1) is 21.8. The van der Waals surface area contributed by atoms with E-state index in [1.165, 1.54) is 12.1 Å². The Morgan fingerprint density at radius 3 is 2.25 bits per heavy atom. The number of likely N-dealkylation sites (tertiary alicyclic amines) is 1. The van der Waals surface area contributed by atoms with Gasteiger partial charge in [0.2, 0.25) is 11.8 Å². The Labute approximate surface area is 188 Å². The second-order valence-electron chi connectivity index (χ2n) is 8.18. The quantitative estimate of drug-likeness (QED) is 0.593. The minimum absolute atomic E-state index is 0.0495. The number of hydrogen-bond donors (Lipinski definition) is 1. The summed E-state index contributed by atoms with van der Waals surface area (Å²) < 4.78 is 13.1. The van der Waals surface area contributed by atoms with E-state index in [9.17, 15) is 14.0 Å². The zero-order chi connectivity index (χ0) is 22.3. The van der Waals surface area contributed by atoms with Crippen LogP contribution in [0.3, 0.4) is 0 Å². The van der Waals surface area contributed by atoms with E-state index >= 15 is 0 Å². The van der Waals surface area contributed by atoms with E-state index in [0.29, 0.717) is 32.4 Å². The molecule has 1 saturated heterocycles. The Balaban J connectivity index is 1.51. The number of benzene rings is 3. The van der Waals surface area contributed by atoms with Gasteiger partial charge in [-0.05, 0) is 41.7 Å². The zero-order valence-electron chi connectivity index (χ0n) is 17.9. The average Bonchev–Trinajstić information content (AvgIpc) is 2.82. The highest BCUT2D eigenvalue weighted by atomic mass is 19.1. The van der Waals surface area contributed by atoms with E-state index in [0.717, 1.165) is 16.7 Å². The second-order valence-corrected chi connectivity index (χ2v) is 8.18. The molecule has 1 heterocycles. The molecule has 0 saturated carbocycles. The number of amides is 2. The summed E-state index contributed by atoms with van der Waals surface area (Å²) in [6.07, 6.45) is 1.50. The first-order chi connectivity index (χ1) is 15.6. The van der Waals surface area contributed by atoms with E-state index in [1.54, 1.807) is 12.1 Å². The normalized spacial score (nSPS) is 18.4. The van der Waals surface area contributed by atoms with Crippen molar-refractivity contribution in [2.75, 3.05) is 6.54 Å². The van der Waals surface area contributed by atoms with Crippen molar-refractivity contribution in [1.29, 1.82) is 0 Å². The molecule has 1 fully saturated rings. The first-order valence-electron chi connectivity index (χ1n) is 11.0. The molecule has 3 aromatic carbocycles. The monoisotopic (exact) mass is 430 g/mol. The van der Waals surface area contributed by atoms with E-state index in [1.807, 2.05) is 65.6 Å². The lowest BCUT2D eigenvalue weighted by atomic mass is 9.83. The van der Waals surface area contributed by atoms with Gasteiger partial charge in [-0.2, -0.15) is 0 Å². The molecule has 0 spiro atoms. The Morgan fingerprint density at radius 2 is 1.56 bits per heavy atom. The van der Waals surface area contributed by atoms with Crippen LogP contribution >= 0.6 is 0 Å². The molecule has 3 aromatic rings. The second kappa shape index (κ2) is 10.2. The molecule has 4 rings (SSSR count). The van der Waals surface area contributed by atoms with Crippen molar-refractivity contribution in [1.82, 2.24) is 10.2 Å². The third-order valence-corrected chi connectivity index (χ3v) is 6.01. The Bertz CT molecular complexity index is 1040. The van der Waals surface area contributed by atoms with Crippen molar-refractivity contribution >= 4 is 11.8 Å². The molecule has 164 valence electrons. The van der Waals surface area contributed by atoms with Crippen molar-refractivity contribution in [3.05, 3.63) is 107 Å². The number of nitrogens with one attached hydrogen (secondary N) is 1. The lowest BCUT2D eigenvalue weighted by Gasteiger charge is -2.41. The maximum absolute atomic E-state index is 13.2. The van der Waals surface area contributed by atoms with Crippen molar-refractivity contribution in [2.24, 2.45) is 5.92 Å². The summed E-state index contributed by atoms with van der Waals surface area (Å²) in [6, 6.07) is 25.7. The minimum atomic E-state index is -0.327. The van der Waals surface area contributed by atoms with Crippen LogP contribution in [0.1, 0.15) is 35.6 Å². The summed E-state index contributed by atoms with van der Waals surface area (Å²) in [4.78, 5) is 28.0. The summed E-state index contributed by atoms with van der Waals surface area (Å²) in [5.41, 5.74) is 2.98. The predicted octanol–water partition coefficient (Wildman–Crippen LogP) is 4.66. The molecule has 32 heavy (non-hydrogen) atoms. The molecule has 4 nitrogen and oxygen atoms in total. The van der Waals surface area contributed by atoms with Crippen LogP contribution in [0.25, 0.3) is 0 Å². The van der Waals surface area contributed by atoms with E-state index < -0.39 is 0 Å². The van der Waals surface area contributed by atoms with Gasteiger partial charge < -0.3 is 10.2 Å². The van der Waals surface area contributed by atoms with Gasteiger partial charge in [0, 0.05) is 19.5 Å². The number of halogens is 1. The minimum Gasteiger partial charge on any atom is -0.355 e. The standard InChI is InChI=1S/C27H27FN2O2/c28-23-13-11-20(12-14-23)17-18-29-27(32)24-15-16-25(31)30(19-21-7-3-1-4-8-21)26(24)22-9-5-2-6-10-22/h1-14,24,26H,15-19H2,(H,29,32)/t24-,26-/m0/s1. The van der Waals surface area contributed by atoms with Gasteiger partial charge >= 0.3 is 0 Å². The van der Waals surface area contributed by atoms with Gasteiger partial charge in [-0.1, -0.05) is 72.8 Å². The van der Waals surface area contributed by atoms with E-state index in [2.05, 4.69) is 5.32 Å². The summed E-state index contributed by atoms with van der Waals surface area (Å²) in [7, 11) is 0. The topological polar surface area (TPSA) is 49.4 Å². The van der Waals surface area contributed by atoms with Crippen LogP contribution in [0.15, 0.2) is 84.9 Å². The first-order valence-corrected chi connectivity index (χ1v) is 11.0. The molecule has 2 amide bonds. The van der Waals surface area contributed by atoms with Crippen LogP contribution in [0.2, 0.25) is 0 Å². The molecule has 0 aliphatic carbocycles. The molecule has 5 heteroatoms. The van der Waals surface area contributed by atoms with E-state index in [4.69, 9.17) is 0 Å². The Hall–Kier alpha value is -3.47. The largest absolute Gasteiger partial charge is 0.355 e. The molecular weight excluding hydrogens is 403 g/mol. The van der Waals surface area contributed by atoms with Crippen LogP contribution in [0, 0.1) is 11.7 Å². The molecule has 0 radical (unpaired) electrons. The lowest BCUT2D eigenvalue weighted by molar-refractivity contribution is -0.144. The van der Waals surface area contributed by atoms with E-state index in [-0.39, 0.29) is 29.6 Å². The number of piperidine rings is 1. The molecule has 1 N–H and O–H groups in total. The molecule has 0 unspecified atom stereocenters. The molecular formula is C27H27FN2O2. The number of rotatable bonds is 7. The van der Waals surface area contributed by atoms with Gasteiger partial charge in [0.05, 0.1) is 12.0 Å². The molecule has 2 atom stereocenters. The van der Waals surface area contributed by atoms with Crippen LogP contribution in [0.5, 0.6) is 0 Å². The van der Waals surface area contributed by atoms with Crippen molar-refractivity contribution in [3.8, 4) is 0 Å². The average molecular weight is 431 g/mol. The van der Waals surface area contributed by atoms with Crippen molar-refractivity contribution in [2.45, 2.75) is 31.8 Å². The smallest absolute Gasteiger partial charge is 0.225 e. The van der Waals surface area contributed by atoms with Gasteiger partial charge in [0.25, 0.3) is 0 Å². The zero-order valence-corrected chi connectivity index (χ0v) is 17.9. The van der Waals surface area contributed by atoms with Gasteiger partial charge in [0.15, 0.2) is 0 Å². The summed E-state index contributed by atoms with van der Waals surface area (Å²) in [5.74, 6) is -0.578. The molecule has 1 aliphatic heterocycles. The fraction of sp³-hybridized carbons (Fsp3) is 0.259. The third-order valence-electron chi connectivity index (χ3n) is 6.01. The lowest BCUT2D eigenvalue weighted by Crippen LogP contribution is -2.48. The van der Waals surface area contributed by atoms with Crippen LogP contribution in [-0.2, 0) is 22.6 Å². The number of hydrogen-bond acceptors (Lipinski definition) is 2. The Kier molecular flexibility index (Phi) is 6.95. The molecule has 0 aromatic heterocycles. The summed E-state index contributed by atoms with van der Waals surface area (Å²) >= 11 is 0. The molecule has 1 aliphatic rings. The van der Waals surface area contributed by atoms with Crippen LogP contribution in [0.4, 0.5) is 4.39 Å². The van der Waals surface area contributed by atoms with Crippen LogP contribution < -0.4 is 5.32 Å². The van der Waals surface area contributed by atoms with Gasteiger partial charge in [-0.15, -0.1) is 0 Å². The maximum atomic E-state index is 13.2. The fourth-order valence-electron chi connectivity index (χ4n) is 4.37. The van der Waals surface area contributed by atoms with Crippen molar-refractivity contribution < 1.29 is 14.0 Å². The number of carbonyl (C=O) groups is 2. The highest BCUT2D eigenvalue weighted by Crippen LogP contribution is 2.38. The SMILES string of the molecule is O=C(NCCc1ccc(F)cc1)[C@H]1CCC(=O)N(Cc2ccccc2)[C@H]1c1ccccc1. The highest BCUT2D eigenvalue weighted by molar-refractivity contribution is 5.85. The fourth-order valence-corrected chi connectivity index (χ4v) is 4.37. The predicted molar refractivity (Wildman–Crippen MR) is 122 cm³/mol.